The molecule has 1 rings (SSSR count). The van der Waals surface area contributed by atoms with E-state index in [2.05, 4.69) is 0 Å². The van der Waals surface area contributed by atoms with E-state index in [0.29, 0.717) is 13.1 Å². The van der Waals surface area contributed by atoms with Crippen molar-refractivity contribution in [2.45, 2.75) is 18.6 Å². The van der Waals surface area contributed by atoms with Crippen LogP contribution in [0.4, 0.5) is 0 Å². The summed E-state index contributed by atoms with van der Waals surface area (Å²) in [6, 6.07) is 0. The molecule has 1 saturated heterocycles. The Kier molecular flexibility index (Phi) is 3.94. The van der Waals surface area contributed by atoms with Crippen molar-refractivity contribution in [2.75, 3.05) is 33.4 Å². The van der Waals surface area contributed by atoms with E-state index in [1.165, 1.54) is 0 Å². The van der Waals surface area contributed by atoms with Gasteiger partial charge in [-0.3, -0.25) is 4.90 Å². The van der Waals surface area contributed by atoms with Gasteiger partial charge in [0.25, 0.3) is 0 Å². The highest BCUT2D eigenvalue weighted by atomic mass is 16.5. The van der Waals surface area contributed by atoms with Gasteiger partial charge in [0.1, 0.15) is 0 Å². The summed E-state index contributed by atoms with van der Waals surface area (Å²) in [5, 5.41) is 18.4. The predicted octanol–water partition coefficient (Wildman–Crippen LogP) is -0.940. The molecule has 4 nitrogen and oxygen atoms in total. The number of aliphatic hydroxyl groups is 2. The molecule has 0 unspecified atom stereocenters. The van der Waals surface area contributed by atoms with Crippen LogP contribution in [-0.2, 0) is 4.74 Å². The van der Waals surface area contributed by atoms with E-state index in [0.717, 1.165) is 19.6 Å². The van der Waals surface area contributed by atoms with Crippen molar-refractivity contribution < 1.29 is 14.9 Å². The van der Waals surface area contributed by atoms with Crippen LogP contribution in [0.25, 0.3) is 0 Å². The predicted molar refractivity (Wildman–Crippen MR) is 44.9 cm³/mol. The first kappa shape index (κ1) is 9.92. The minimum absolute atomic E-state index is 0.562. The van der Waals surface area contributed by atoms with E-state index in [-0.39, 0.29) is 0 Å². The molecule has 0 amide bonds. The van der Waals surface area contributed by atoms with Gasteiger partial charge >= 0.3 is 0 Å². The Balaban J connectivity index is 2.10. The molecule has 2 atom stereocenters. The first-order valence-corrected chi connectivity index (χ1v) is 4.31. The van der Waals surface area contributed by atoms with Crippen molar-refractivity contribution in [3.63, 3.8) is 0 Å². The number of aliphatic hydroxyl groups excluding tert-OH is 2. The zero-order valence-corrected chi connectivity index (χ0v) is 7.44. The summed E-state index contributed by atoms with van der Waals surface area (Å²) in [6.07, 6.45) is -0.171. The summed E-state index contributed by atoms with van der Waals surface area (Å²) in [5.41, 5.74) is 0. The fourth-order valence-electron chi connectivity index (χ4n) is 1.46. The van der Waals surface area contributed by atoms with Gasteiger partial charge in [-0.15, -0.1) is 0 Å². The van der Waals surface area contributed by atoms with E-state index in [1.807, 2.05) is 4.90 Å². The molecule has 0 spiro atoms. The fraction of sp³-hybridized carbons (Fsp3) is 1.00. The van der Waals surface area contributed by atoms with Crippen LogP contribution in [0.5, 0.6) is 0 Å². The van der Waals surface area contributed by atoms with Crippen LogP contribution in [0.2, 0.25) is 0 Å². The standard InChI is InChI=1S/C8H17NO3/c1-12-4-2-3-9-5-7(10)8(11)6-9/h7-8,10-11H,2-6H2,1H3/t7-,8+. The second kappa shape index (κ2) is 4.77. The van der Waals surface area contributed by atoms with Crippen molar-refractivity contribution in [1.82, 2.24) is 4.90 Å². The highest BCUT2D eigenvalue weighted by molar-refractivity contribution is 4.82. The number of methoxy groups -OCH3 is 1. The van der Waals surface area contributed by atoms with Gasteiger partial charge in [0.05, 0.1) is 12.2 Å². The van der Waals surface area contributed by atoms with Crippen molar-refractivity contribution in [2.24, 2.45) is 0 Å². The maximum absolute atomic E-state index is 9.20. The fourth-order valence-corrected chi connectivity index (χ4v) is 1.46. The third-order valence-corrected chi connectivity index (χ3v) is 2.16. The van der Waals surface area contributed by atoms with Gasteiger partial charge in [0.2, 0.25) is 0 Å². The maximum atomic E-state index is 9.20. The molecule has 0 aromatic carbocycles. The lowest BCUT2D eigenvalue weighted by molar-refractivity contribution is 0.0572. The molecule has 0 saturated carbocycles. The Labute approximate surface area is 72.7 Å². The summed E-state index contributed by atoms with van der Waals surface area (Å²) < 4.78 is 4.90. The normalized spacial score (nSPS) is 31.2. The molecule has 0 aromatic heterocycles. The summed E-state index contributed by atoms with van der Waals surface area (Å²) in [6.45, 7) is 2.81. The summed E-state index contributed by atoms with van der Waals surface area (Å²) in [5.74, 6) is 0. The molecule has 1 fully saturated rings. The SMILES string of the molecule is COCCCN1C[C@@H](O)[C@@H](O)C1. The number of likely N-dealkylation sites (tertiary alicyclic amines) is 1. The minimum Gasteiger partial charge on any atom is -0.389 e. The van der Waals surface area contributed by atoms with Crippen LogP contribution in [0.15, 0.2) is 0 Å². The van der Waals surface area contributed by atoms with E-state index in [9.17, 15) is 10.2 Å². The van der Waals surface area contributed by atoms with Crippen LogP contribution in [0, 0.1) is 0 Å². The zero-order chi connectivity index (χ0) is 8.97. The van der Waals surface area contributed by atoms with Crippen molar-refractivity contribution in [3.05, 3.63) is 0 Å². The van der Waals surface area contributed by atoms with Gasteiger partial charge in [0.15, 0.2) is 0 Å². The number of nitrogens with zero attached hydrogens (tertiary/aromatic N) is 1. The summed E-state index contributed by atoms with van der Waals surface area (Å²) in [7, 11) is 1.67. The molecule has 0 bridgehead atoms. The van der Waals surface area contributed by atoms with Gasteiger partial charge in [-0.2, -0.15) is 0 Å². The molecule has 12 heavy (non-hydrogen) atoms. The van der Waals surface area contributed by atoms with E-state index < -0.39 is 12.2 Å². The Hall–Kier alpha value is -0.160. The molecule has 4 heteroatoms. The van der Waals surface area contributed by atoms with Crippen LogP contribution in [0.3, 0.4) is 0 Å². The number of rotatable bonds is 4. The summed E-state index contributed by atoms with van der Waals surface area (Å²) >= 11 is 0. The highest BCUT2D eigenvalue weighted by Gasteiger charge is 2.28. The second-order valence-electron chi connectivity index (χ2n) is 3.24. The Morgan fingerprint density at radius 2 is 1.92 bits per heavy atom. The third-order valence-electron chi connectivity index (χ3n) is 2.16. The van der Waals surface area contributed by atoms with Gasteiger partial charge in [-0.05, 0) is 6.42 Å². The monoisotopic (exact) mass is 175 g/mol. The lowest BCUT2D eigenvalue weighted by Gasteiger charge is -2.13. The molecule has 1 aliphatic rings. The number of ether oxygens (including phenoxy) is 1. The van der Waals surface area contributed by atoms with Gasteiger partial charge in [-0.1, -0.05) is 0 Å². The van der Waals surface area contributed by atoms with Crippen LogP contribution in [0.1, 0.15) is 6.42 Å². The molecular formula is C8H17NO3. The van der Waals surface area contributed by atoms with Gasteiger partial charge in [0, 0.05) is 33.4 Å². The third kappa shape index (κ3) is 2.71. The number of β-amino-alcohol motifs (C(OH)–C–C–N with tert-alkyl or cyclic N) is 2. The largest absolute Gasteiger partial charge is 0.389 e. The molecule has 72 valence electrons. The number of hydrogen-bond donors (Lipinski definition) is 2. The van der Waals surface area contributed by atoms with Crippen molar-refractivity contribution in [3.8, 4) is 0 Å². The molecule has 0 radical (unpaired) electrons. The van der Waals surface area contributed by atoms with Crippen molar-refractivity contribution >= 4 is 0 Å². The van der Waals surface area contributed by atoms with E-state index in [1.54, 1.807) is 7.11 Å². The maximum Gasteiger partial charge on any atom is 0.0938 e. The molecular weight excluding hydrogens is 158 g/mol. The summed E-state index contributed by atoms with van der Waals surface area (Å²) in [4.78, 5) is 2.05. The number of hydrogen-bond acceptors (Lipinski definition) is 4. The first-order valence-electron chi connectivity index (χ1n) is 4.31. The average molecular weight is 175 g/mol. The second-order valence-corrected chi connectivity index (χ2v) is 3.24. The molecule has 0 aromatic rings. The zero-order valence-electron chi connectivity index (χ0n) is 7.44. The topological polar surface area (TPSA) is 52.9 Å². The van der Waals surface area contributed by atoms with Crippen LogP contribution in [-0.4, -0.2) is 60.7 Å². The van der Waals surface area contributed by atoms with E-state index >= 15 is 0 Å². The Bertz CT molecular complexity index is 121. The van der Waals surface area contributed by atoms with Crippen LogP contribution < -0.4 is 0 Å². The van der Waals surface area contributed by atoms with Crippen molar-refractivity contribution in [1.29, 1.82) is 0 Å². The van der Waals surface area contributed by atoms with Crippen LogP contribution >= 0.6 is 0 Å². The molecule has 1 aliphatic heterocycles. The average Bonchev–Trinajstić information content (AvgIpc) is 2.32. The van der Waals surface area contributed by atoms with Gasteiger partial charge < -0.3 is 14.9 Å². The molecule has 1 heterocycles. The highest BCUT2D eigenvalue weighted by Crippen LogP contribution is 2.09. The lowest BCUT2D eigenvalue weighted by atomic mass is 10.3. The quantitative estimate of drug-likeness (QED) is 0.541. The minimum atomic E-state index is -0.562. The lowest BCUT2D eigenvalue weighted by Crippen LogP contribution is -2.24. The smallest absolute Gasteiger partial charge is 0.0938 e. The van der Waals surface area contributed by atoms with Gasteiger partial charge in [-0.25, -0.2) is 0 Å². The Morgan fingerprint density at radius 3 is 2.42 bits per heavy atom. The molecule has 0 aliphatic carbocycles. The first-order chi connectivity index (χ1) is 5.74. The molecule has 2 N–H and O–H groups in total. The van der Waals surface area contributed by atoms with E-state index in [4.69, 9.17) is 4.74 Å². The Morgan fingerprint density at radius 1 is 1.33 bits per heavy atom.